The smallest absolute Gasteiger partial charge is 0.341 e. The highest BCUT2D eigenvalue weighted by molar-refractivity contribution is 7.89. The van der Waals surface area contributed by atoms with Crippen LogP contribution in [0, 0.1) is 0 Å². The van der Waals surface area contributed by atoms with Crippen molar-refractivity contribution in [3.05, 3.63) is 41.3 Å². The molecule has 0 spiro atoms. The molecule has 130 valence electrons. The van der Waals surface area contributed by atoms with Gasteiger partial charge in [-0.1, -0.05) is 23.7 Å². The topological polar surface area (TPSA) is 111 Å². The van der Waals surface area contributed by atoms with Gasteiger partial charge >= 0.3 is 5.97 Å². The van der Waals surface area contributed by atoms with E-state index in [-0.39, 0.29) is 16.7 Å². The summed E-state index contributed by atoms with van der Waals surface area (Å²) in [6, 6.07) is 6.73. The molecule has 0 fully saturated rings. The van der Waals surface area contributed by atoms with Crippen LogP contribution < -0.4 is 9.46 Å². The van der Waals surface area contributed by atoms with Gasteiger partial charge in [-0.3, -0.25) is 0 Å². The number of sulfonamides is 1. The lowest BCUT2D eigenvalue weighted by Gasteiger charge is -2.07. The molecule has 0 aliphatic carbocycles. The van der Waals surface area contributed by atoms with E-state index in [2.05, 4.69) is 9.71 Å². The number of aromatic nitrogens is 2. The highest BCUT2D eigenvalue weighted by Crippen LogP contribution is 2.18. The van der Waals surface area contributed by atoms with Gasteiger partial charge in [-0.2, -0.15) is 0 Å². The Morgan fingerprint density at radius 1 is 1.38 bits per heavy atom. The van der Waals surface area contributed by atoms with Crippen LogP contribution >= 0.6 is 11.6 Å². The number of hydrogen-bond donors (Lipinski definition) is 2. The third-order valence-corrected chi connectivity index (χ3v) is 5.03. The number of benzene rings is 1. The molecule has 2 rings (SSSR count). The van der Waals surface area contributed by atoms with Crippen LogP contribution in [0.25, 0.3) is 0 Å². The number of imidazole rings is 1. The Morgan fingerprint density at radius 3 is 2.58 bits per heavy atom. The van der Waals surface area contributed by atoms with Gasteiger partial charge in [0.15, 0.2) is 6.61 Å². The van der Waals surface area contributed by atoms with Gasteiger partial charge in [0.25, 0.3) is 10.0 Å². The van der Waals surface area contributed by atoms with Crippen LogP contribution in [-0.2, 0) is 28.3 Å². The lowest BCUT2D eigenvalue weighted by Crippen LogP contribution is -2.26. The van der Waals surface area contributed by atoms with Crippen LogP contribution in [0.2, 0.25) is 5.15 Å². The first-order valence-corrected chi connectivity index (χ1v) is 8.76. The second-order valence-electron chi connectivity index (χ2n) is 4.93. The van der Waals surface area contributed by atoms with Crippen molar-refractivity contribution >= 4 is 27.6 Å². The van der Waals surface area contributed by atoms with Crippen molar-refractivity contribution in [1.82, 2.24) is 14.3 Å². The van der Waals surface area contributed by atoms with Crippen molar-refractivity contribution in [2.24, 2.45) is 7.05 Å². The fraction of sp³-hybridized carbons (Fsp3) is 0.286. The molecule has 0 radical (unpaired) electrons. The lowest BCUT2D eigenvalue weighted by molar-refractivity contribution is -0.139. The van der Waals surface area contributed by atoms with Crippen LogP contribution in [0.5, 0.6) is 5.75 Å². The Hall–Kier alpha value is -2.10. The summed E-state index contributed by atoms with van der Waals surface area (Å²) in [5.41, 5.74) is 0.868. The molecule has 1 heterocycles. The van der Waals surface area contributed by atoms with Gasteiger partial charge in [0.2, 0.25) is 5.03 Å². The average Bonchev–Trinajstić information content (AvgIpc) is 2.86. The Bertz CT molecular complexity index is 817. The largest absolute Gasteiger partial charge is 0.482 e. The molecule has 0 aliphatic heterocycles. The van der Waals surface area contributed by atoms with Crippen molar-refractivity contribution in [2.75, 3.05) is 13.2 Å². The molecule has 0 aliphatic rings. The number of carboxylic acid groups (broad SMARTS) is 1. The maximum absolute atomic E-state index is 12.1. The summed E-state index contributed by atoms with van der Waals surface area (Å²) in [6.07, 6.45) is 1.77. The molecular formula is C14H16ClN3O5S. The minimum absolute atomic E-state index is 0.0439. The van der Waals surface area contributed by atoms with Crippen molar-refractivity contribution in [3.63, 3.8) is 0 Å². The maximum atomic E-state index is 12.1. The van der Waals surface area contributed by atoms with Crippen LogP contribution in [0.4, 0.5) is 0 Å². The Balaban J connectivity index is 1.89. The number of ether oxygens (including phenoxy) is 1. The minimum atomic E-state index is -3.77. The first-order valence-electron chi connectivity index (χ1n) is 6.89. The SMILES string of the molecule is Cn1cnc(S(=O)(=O)NCCc2ccc(OCC(=O)O)cc2)c1Cl. The van der Waals surface area contributed by atoms with Gasteiger partial charge in [-0.05, 0) is 24.1 Å². The monoisotopic (exact) mass is 373 g/mol. The number of nitrogens with one attached hydrogen (secondary N) is 1. The van der Waals surface area contributed by atoms with Gasteiger partial charge in [-0.25, -0.2) is 22.9 Å². The summed E-state index contributed by atoms with van der Waals surface area (Å²) in [5.74, 6) is -0.622. The van der Waals surface area contributed by atoms with E-state index in [1.54, 1.807) is 31.3 Å². The van der Waals surface area contributed by atoms with E-state index >= 15 is 0 Å². The van der Waals surface area contributed by atoms with Crippen LogP contribution in [0.1, 0.15) is 5.56 Å². The lowest BCUT2D eigenvalue weighted by atomic mass is 10.1. The van der Waals surface area contributed by atoms with Gasteiger partial charge in [0.05, 0.1) is 6.33 Å². The van der Waals surface area contributed by atoms with Crippen LogP contribution in [0.3, 0.4) is 0 Å². The molecule has 0 amide bonds. The van der Waals surface area contributed by atoms with Crippen molar-refractivity contribution in [2.45, 2.75) is 11.4 Å². The van der Waals surface area contributed by atoms with Crippen molar-refractivity contribution in [3.8, 4) is 5.75 Å². The van der Waals surface area contributed by atoms with Gasteiger partial charge in [0, 0.05) is 13.6 Å². The molecule has 0 atom stereocenters. The molecule has 0 saturated heterocycles. The third kappa shape index (κ3) is 4.70. The van der Waals surface area contributed by atoms with Crippen LogP contribution in [-0.4, -0.2) is 42.2 Å². The summed E-state index contributed by atoms with van der Waals surface area (Å²) in [7, 11) is -2.17. The average molecular weight is 374 g/mol. The van der Waals surface area contributed by atoms with Gasteiger partial charge < -0.3 is 14.4 Å². The number of aryl methyl sites for hydroxylation is 1. The molecule has 8 nitrogen and oxygen atoms in total. The number of aliphatic carboxylic acids is 1. The normalized spacial score (nSPS) is 11.4. The molecule has 2 N–H and O–H groups in total. The van der Waals surface area contributed by atoms with E-state index in [1.807, 2.05) is 0 Å². The summed E-state index contributed by atoms with van der Waals surface area (Å²) >= 11 is 5.88. The van der Waals surface area contributed by atoms with E-state index < -0.39 is 22.6 Å². The summed E-state index contributed by atoms with van der Waals surface area (Å²) in [6.45, 7) is -0.242. The van der Waals surface area contributed by atoms with Crippen LogP contribution in [0.15, 0.2) is 35.6 Å². The molecule has 10 heteroatoms. The number of nitrogens with zero attached hydrogens (tertiary/aromatic N) is 2. The first-order chi connectivity index (χ1) is 11.3. The van der Waals surface area contributed by atoms with E-state index in [4.69, 9.17) is 21.4 Å². The van der Waals surface area contributed by atoms with E-state index in [0.717, 1.165) is 5.56 Å². The quantitative estimate of drug-likeness (QED) is 0.715. The molecule has 1 aromatic carbocycles. The number of rotatable bonds is 8. The van der Waals surface area contributed by atoms with Gasteiger partial charge in [0.1, 0.15) is 10.9 Å². The zero-order chi connectivity index (χ0) is 17.7. The molecule has 2 aromatic rings. The number of hydrogen-bond acceptors (Lipinski definition) is 5. The maximum Gasteiger partial charge on any atom is 0.341 e. The highest BCUT2D eigenvalue weighted by Gasteiger charge is 2.21. The second kappa shape index (κ2) is 7.65. The fourth-order valence-electron chi connectivity index (χ4n) is 1.87. The molecule has 0 unspecified atom stereocenters. The minimum Gasteiger partial charge on any atom is -0.482 e. The van der Waals surface area contributed by atoms with E-state index in [9.17, 15) is 13.2 Å². The number of carbonyl (C=O) groups is 1. The third-order valence-electron chi connectivity index (χ3n) is 3.08. The van der Waals surface area contributed by atoms with Crippen molar-refractivity contribution in [1.29, 1.82) is 0 Å². The number of carboxylic acids is 1. The zero-order valence-corrected chi connectivity index (χ0v) is 14.3. The van der Waals surface area contributed by atoms with Gasteiger partial charge in [-0.15, -0.1) is 0 Å². The van der Waals surface area contributed by atoms with Crippen molar-refractivity contribution < 1.29 is 23.1 Å². The summed E-state index contributed by atoms with van der Waals surface area (Å²) < 4.78 is 33.1. The first kappa shape index (κ1) is 18.2. The Morgan fingerprint density at radius 2 is 2.04 bits per heavy atom. The summed E-state index contributed by atoms with van der Waals surface area (Å²) in [4.78, 5) is 14.2. The standard InChI is InChI=1S/C14H16ClN3O5S/c1-18-9-16-14(13(18)15)24(21,22)17-7-6-10-2-4-11(5-3-10)23-8-12(19)20/h2-5,9,17H,6-8H2,1H3,(H,19,20). The summed E-state index contributed by atoms with van der Waals surface area (Å²) in [5, 5.41) is 8.37. The van der Waals surface area contributed by atoms with E-state index in [0.29, 0.717) is 12.2 Å². The Kier molecular flexibility index (Phi) is 5.81. The molecular weight excluding hydrogens is 358 g/mol. The predicted molar refractivity (Wildman–Crippen MR) is 86.7 cm³/mol. The number of halogens is 1. The molecule has 0 bridgehead atoms. The fourth-order valence-corrected chi connectivity index (χ4v) is 3.33. The molecule has 1 aromatic heterocycles. The highest BCUT2D eigenvalue weighted by atomic mass is 35.5. The zero-order valence-electron chi connectivity index (χ0n) is 12.8. The molecule has 24 heavy (non-hydrogen) atoms. The predicted octanol–water partition coefficient (Wildman–Crippen LogP) is 1.06. The Labute approximate surface area is 144 Å². The van der Waals surface area contributed by atoms with E-state index in [1.165, 1.54) is 10.9 Å². The second-order valence-corrected chi connectivity index (χ2v) is 6.97. The molecule has 0 saturated carbocycles.